The Balaban J connectivity index is 1.93. The van der Waals surface area contributed by atoms with Crippen molar-refractivity contribution >= 4 is 23.4 Å². The zero-order valence-electron chi connectivity index (χ0n) is 10.8. The van der Waals surface area contributed by atoms with Crippen molar-refractivity contribution < 1.29 is 4.79 Å². The zero-order valence-corrected chi connectivity index (χ0v) is 11.6. The third-order valence-corrected chi connectivity index (χ3v) is 3.49. The number of benzene rings is 1. The van der Waals surface area contributed by atoms with Crippen molar-refractivity contribution in [3.05, 3.63) is 35.7 Å². The molecule has 0 bridgehead atoms. The number of nitrogens with two attached hydrogens (primary N) is 1. The van der Waals surface area contributed by atoms with Crippen LogP contribution in [0.4, 0.5) is 5.69 Å². The minimum absolute atomic E-state index is 0.0973. The van der Waals surface area contributed by atoms with Crippen molar-refractivity contribution in [2.45, 2.75) is 19.0 Å². The molecule has 1 aromatic heterocycles. The van der Waals surface area contributed by atoms with E-state index in [1.165, 1.54) is 28.3 Å². The van der Waals surface area contributed by atoms with E-state index < -0.39 is 0 Å². The summed E-state index contributed by atoms with van der Waals surface area (Å²) in [7, 11) is 0. The van der Waals surface area contributed by atoms with Gasteiger partial charge in [-0.15, -0.1) is 10.2 Å². The van der Waals surface area contributed by atoms with Crippen LogP contribution in [0.5, 0.6) is 0 Å². The van der Waals surface area contributed by atoms with Gasteiger partial charge in [0.25, 0.3) is 0 Å². The van der Waals surface area contributed by atoms with Gasteiger partial charge in [-0.2, -0.15) is 0 Å². The lowest BCUT2D eigenvalue weighted by molar-refractivity contribution is -0.113. The van der Waals surface area contributed by atoms with Gasteiger partial charge in [0.05, 0.1) is 5.75 Å². The molecule has 0 atom stereocenters. The molecule has 2 aromatic rings. The summed E-state index contributed by atoms with van der Waals surface area (Å²) in [5.74, 6) is 5.70. The van der Waals surface area contributed by atoms with Crippen LogP contribution in [0.3, 0.4) is 0 Å². The number of nitrogens with one attached hydrogen (secondary N) is 1. The fourth-order valence-corrected chi connectivity index (χ4v) is 2.24. The Labute approximate surface area is 115 Å². The second kappa shape index (κ2) is 5.75. The molecule has 7 heteroatoms. The Morgan fingerprint density at radius 2 is 2.26 bits per heavy atom. The second-order valence-corrected chi connectivity index (χ2v) is 5.12. The van der Waals surface area contributed by atoms with Crippen LogP contribution in [0.25, 0.3) is 0 Å². The number of nitrogens with zero attached hydrogens (tertiary/aromatic N) is 3. The van der Waals surface area contributed by atoms with Gasteiger partial charge >= 0.3 is 0 Å². The van der Waals surface area contributed by atoms with E-state index in [4.69, 9.17) is 5.84 Å². The van der Waals surface area contributed by atoms with Gasteiger partial charge in [0.2, 0.25) is 11.1 Å². The molecule has 19 heavy (non-hydrogen) atoms. The maximum Gasteiger partial charge on any atom is 0.234 e. The van der Waals surface area contributed by atoms with Gasteiger partial charge in [0.1, 0.15) is 6.33 Å². The average Bonchev–Trinajstić information content (AvgIpc) is 2.76. The first kappa shape index (κ1) is 13.4. The Hall–Kier alpha value is -2.02. The second-order valence-electron chi connectivity index (χ2n) is 4.18. The standard InChI is InChI=1S/C12H15N5OS/c1-8-3-4-10(9(2)5-8)15-11(18)6-19-12-16-14-7-17(12)13/h3-5,7H,6,13H2,1-2H3,(H,15,18). The first-order valence-corrected chi connectivity index (χ1v) is 6.70. The van der Waals surface area contributed by atoms with Crippen LogP contribution < -0.4 is 11.2 Å². The van der Waals surface area contributed by atoms with E-state index >= 15 is 0 Å². The van der Waals surface area contributed by atoms with Crippen molar-refractivity contribution in [2.75, 3.05) is 16.9 Å². The van der Waals surface area contributed by atoms with Crippen LogP contribution in [-0.4, -0.2) is 26.5 Å². The van der Waals surface area contributed by atoms with E-state index in [0.29, 0.717) is 5.16 Å². The van der Waals surface area contributed by atoms with Crippen LogP contribution in [0.15, 0.2) is 29.7 Å². The molecule has 0 aliphatic carbocycles. The largest absolute Gasteiger partial charge is 0.336 e. The fraction of sp³-hybridized carbons (Fsp3) is 0.250. The first-order chi connectivity index (χ1) is 9.06. The van der Waals surface area contributed by atoms with Crippen LogP contribution in [0.2, 0.25) is 0 Å². The molecule has 0 saturated carbocycles. The minimum atomic E-state index is -0.0973. The number of amides is 1. The lowest BCUT2D eigenvalue weighted by Crippen LogP contribution is -2.16. The summed E-state index contributed by atoms with van der Waals surface area (Å²) in [6.07, 6.45) is 1.39. The maximum atomic E-state index is 11.8. The summed E-state index contributed by atoms with van der Waals surface area (Å²) in [5.41, 5.74) is 3.03. The highest BCUT2D eigenvalue weighted by Gasteiger charge is 2.08. The molecule has 100 valence electrons. The predicted octanol–water partition coefficient (Wildman–Crippen LogP) is 1.34. The molecule has 6 nitrogen and oxygen atoms in total. The number of hydrogen-bond acceptors (Lipinski definition) is 5. The van der Waals surface area contributed by atoms with Gasteiger partial charge in [-0.25, -0.2) is 4.68 Å². The molecule has 1 heterocycles. The number of carbonyl (C=O) groups excluding carboxylic acids is 1. The van der Waals surface area contributed by atoms with Crippen molar-refractivity contribution in [3.63, 3.8) is 0 Å². The molecule has 2 rings (SSSR count). The molecule has 0 spiro atoms. The number of carbonyl (C=O) groups is 1. The quantitative estimate of drug-likeness (QED) is 0.650. The lowest BCUT2D eigenvalue weighted by atomic mass is 10.1. The minimum Gasteiger partial charge on any atom is -0.336 e. The molecule has 0 radical (unpaired) electrons. The number of hydrogen-bond donors (Lipinski definition) is 2. The number of thioether (sulfide) groups is 1. The monoisotopic (exact) mass is 277 g/mol. The van der Waals surface area contributed by atoms with Gasteiger partial charge in [-0.05, 0) is 25.5 Å². The highest BCUT2D eigenvalue weighted by molar-refractivity contribution is 7.99. The Kier molecular flexibility index (Phi) is 4.06. The highest BCUT2D eigenvalue weighted by Crippen LogP contribution is 2.17. The van der Waals surface area contributed by atoms with Gasteiger partial charge < -0.3 is 11.2 Å². The summed E-state index contributed by atoms with van der Waals surface area (Å²) in [5, 5.41) is 10.8. The Morgan fingerprint density at radius 3 is 2.89 bits per heavy atom. The smallest absolute Gasteiger partial charge is 0.234 e. The normalized spacial score (nSPS) is 10.4. The number of aryl methyl sites for hydroxylation is 2. The summed E-state index contributed by atoms with van der Waals surface area (Å²) in [6, 6.07) is 5.89. The van der Waals surface area contributed by atoms with Gasteiger partial charge in [0, 0.05) is 5.69 Å². The SMILES string of the molecule is Cc1ccc(NC(=O)CSc2nncn2N)c(C)c1. The van der Waals surface area contributed by atoms with Crippen LogP contribution in [0, 0.1) is 13.8 Å². The van der Waals surface area contributed by atoms with Crippen LogP contribution in [-0.2, 0) is 4.79 Å². The molecule has 0 aliphatic rings. The summed E-state index contributed by atoms with van der Waals surface area (Å²) >= 11 is 1.24. The summed E-state index contributed by atoms with van der Waals surface area (Å²) in [6.45, 7) is 3.98. The number of anilines is 1. The molecule has 3 N–H and O–H groups in total. The van der Waals surface area contributed by atoms with Crippen LogP contribution >= 0.6 is 11.8 Å². The number of nitrogen functional groups attached to an aromatic ring is 1. The molecule has 0 saturated heterocycles. The van der Waals surface area contributed by atoms with Crippen molar-refractivity contribution in [3.8, 4) is 0 Å². The molecule has 1 aromatic carbocycles. The molecular formula is C12H15N5OS. The highest BCUT2D eigenvalue weighted by atomic mass is 32.2. The third kappa shape index (κ3) is 3.47. The molecule has 0 unspecified atom stereocenters. The van der Waals surface area contributed by atoms with Crippen molar-refractivity contribution in [1.82, 2.24) is 14.9 Å². The third-order valence-electron chi connectivity index (χ3n) is 2.53. The number of aromatic nitrogens is 3. The van der Waals surface area contributed by atoms with Gasteiger partial charge in [0.15, 0.2) is 0 Å². The van der Waals surface area contributed by atoms with E-state index in [0.717, 1.165) is 11.3 Å². The topological polar surface area (TPSA) is 85.8 Å². The number of rotatable bonds is 4. The van der Waals surface area contributed by atoms with E-state index in [1.54, 1.807) is 0 Å². The summed E-state index contributed by atoms with van der Waals surface area (Å²) in [4.78, 5) is 11.8. The van der Waals surface area contributed by atoms with Crippen LogP contribution in [0.1, 0.15) is 11.1 Å². The van der Waals surface area contributed by atoms with Gasteiger partial charge in [-0.1, -0.05) is 29.5 Å². The zero-order chi connectivity index (χ0) is 13.8. The molecule has 0 aliphatic heterocycles. The first-order valence-electron chi connectivity index (χ1n) is 5.71. The van der Waals surface area contributed by atoms with E-state index in [9.17, 15) is 4.79 Å². The van der Waals surface area contributed by atoms with Gasteiger partial charge in [-0.3, -0.25) is 4.79 Å². The van der Waals surface area contributed by atoms with E-state index in [2.05, 4.69) is 15.5 Å². The van der Waals surface area contributed by atoms with Crippen molar-refractivity contribution in [1.29, 1.82) is 0 Å². The molecule has 0 fully saturated rings. The van der Waals surface area contributed by atoms with E-state index in [1.807, 2.05) is 32.0 Å². The molecular weight excluding hydrogens is 262 g/mol. The van der Waals surface area contributed by atoms with Crippen molar-refractivity contribution in [2.24, 2.45) is 0 Å². The lowest BCUT2D eigenvalue weighted by Gasteiger charge is -2.08. The summed E-state index contributed by atoms with van der Waals surface area (Å²) < 4.78 is 1.29. The van der Waals surface area contributed by atoms with E-state index in [-0.39, 0.29) is 11.7 Å². The predicted molar refractivity (Wildman–Crippen MR) is 75.4 cm³/mol. The molecule has 1 amide bonds. The maximum absolute atomic E-state index is 11.8. The fourth-order valence-electron chi connectivity index (χ4n) is 1.61. The average molecular weight is 277 g/mol. The Morgan fingerprint density at radius 1 is 1.47 bits per heavy atom. The Bertz CT molecular complexity index is 596.